The van der Waals surface area contributed by atoms with Crippen molar-refractivity contribution in [2.24, 2.45) is 41.2 Å². The zero-order valence-corrected chi connectivity index (χ0v) is 45.4. The van der Waals surface area contributed by atoms with Crippen LogP contribution in [0.1, 0.15) is 95.7 Å². The summed E-state index contributed by atoms with van der Waals surface area (Å²) in [7, 11) is -6.39. The first kappa shape index (κ1) is 61.9. The molecule has 0 saturated heterocycles. The minimum atomic E-state index is -6.39. The van der Waals surface area contributed by atoms with E-state index in [-0.39, 0.29) is 29.1 Å². The molecule has 434 valence electrons. The molecule has 0 aliphatic heterocycles. The fraction of sp³-hybridized carbons (Fsp3) is 0.509. The zero-order valence-electron chi connectivity index (χ0n) is 43.1. The summed E-state index contributed by atoms with van der Waals surface area (Å²) in [5.41, 5.74) is 1.21. The first-order valence-corrected chi connectivity index (χ1v) is 27.5. The lowest BCUT2D eigenvalue weighted by Gasteiger charge is -2.28. The first-order valence-electron chi connectivity index (χ1n) is 25.3. The molecule has 79 heavy (non-hydrogen) atoms. The van der Waals surface area contributed by atoms with Crippen molar-refractivity contribution >= 4 is 55.4 Å². The minimum Gasteiger partial charge on any atom is -0.330 e. The predicted molar refractivity (Wildman–Crippen MR) is 273 cm³/mol. The fourth-order valence-corrected chi connectivity index (χ4v) is 12.2. The second-order valence-electron chi connectivity index (χ2n) is 20.7. The zero-order chi connectivity index (χ0) is 58.3. The van der Waals surface area contributed by atoms with Gasteiger partial charge < -0.3 is 20.2 Å². The summed E-state index contributed by atoms with van der Waals surface area (Å²) in [5, 5.41) is 3.11. The SMILES string of the molecule is CCN(C(C)C)C(C)C.Fc1cc2ncn(C3C[C@@H]4C(CNC(c5ccc(Cl)cc5)C(F)(F)F)[C@@H]4C3)c2cc1F.NCC1[C@H]2CC(n3cnc4cc(F)c(F)cc43)C[C@@H]12.O=S(=O)(OC(c1ccc(Cl)cc1)C(F)(F)F)C(F)(F)F. The van der Waals surface area contributed by atoms with Gasteiger partial charge >= 0.3 is 28.0 Å². The second-order valence-corrected chi connectivity index (χ2v) is 23.1. The molecule has 6 unspecified atom stereocenters. The number of hydrogen-bond donors (Lipinski definition) is 2. The molecule has 4 aliphatic rings. The highest BCUT2D eigenvalue weighted by Crippen LogP contribution is 2.62. The summed E-state index contributed by atoms with van der Waals surface area (Å²) in [6.07, 6.45) is -6.00. The summed E-state index contributed by atoms with van der Waals surface area (Å²) in [4.78, 5) is 10.8. The summed E-state index contributed by atoms with van der Waals surface area (Å²) < 4.78 is 197. The third-order valence-electron chi connectivity index (χ3n) is 15.2. The van der Waals surface area contributed by atoms with Crippen LogP contribution in [0.15, 0.2) is 85.5 Å². The van der Waals surface area contributed by atoms with Gasteiger partial charge in [-0.2, -0.15) is 47.9 Å². The van der Waals surface area contributed by atoms with Gasteiger partial charge in [0.25, 0.3) is 0 Å². The van der Waals surface area contributed by atoms with E-state index in [1.165, 1.54) is 36.4 Å². The van der Waals surface area contributed by atoms with Gasteiger partial charge in [0.1, 0.15) is 6.04 Å². The molecule has 26 heteroatoms. The number of aromatic nitrogens is 4. The van der Waals surface area contributed by atoms with Crippen LogP contribution < -0.4 is 11.1 Å². The van der Waals surface area contributed by atoms with Crippen LogP contribution in [0.4, 0.5) is 57.1 Å². The largest absolute Gasteiger partial charge is 0.523 e. The smallest absolute Gasteiger partial charge is 0.330 e. The Balaban J connectivity index is 0.000000165. The normalized spacial score (nSPS) is 23.4. The van der Waals surface area contributed by atoms with Crippen LogP contribution in [-0.2, 0) is 14.3 Å². The summed E-state index contributed by atoms with van der Waals surface area (Å²) in [6, 6.07) is 13.8. The second kappa shape index (κ2) is 24.4. The van der Waals surface area contributed by atoms with Gasteiger partial charge in [-0.25, -0.2) is 31.7 Å². The average molecular weight is 1190 g/mol. The maximum Gasteiger partial charge on any atom is 0.523 e. The standard InChI is InChI=1S/C22H19ClF5N3.C14H15F2N3.C9H5ClF6O3S.C8H19N/c23-12-3-1-11(2-4-12)21(22(26,27)28)29-9-16-14-5-13(6-15(14)16)31-10-30-19-7-17(24)18(25)8-20(19)31;15-11-3-13-14(4-12(11)16)19(6-18-13)7-1-8-9(2-7)10(8)5-17;10-6-3-1-5(2-4-6)7(8(11,12)13)19-20(17,18)9(14,15)16;1-6-9(7(2)3)8(4)5/h1-4,7-8,10,13-16,21,29H,5-6,9H2;3-4,6-10H,1-2,5,17H2;1-4,7H;7-8H,6H2,1-5H3/t13?,14-,15+,16?,21?;7?,8-,9+,10?;;. The van der Waals surface area contributed by atoms with Gasteiger partial charge in [0.2, 0.25) is 0 Å². The molecule has 4 aliphatic carbocycles. The van der Waals surface area contributed by atoms with Gasteiger partial charge in [-0.1, -0.05) is 54.4 Å². The quantitative estimate of drug-likeness (QED) is 0.0666. The highest BCUT2D eigenvalue weighted by Gasteiger charge is 2.58. The molecule has 0 spiro atoms. The van der Waals surface area contributed by atoms with Crippen LogP contribution in [0.3, 0.4) is 0 Å². The van der Waals surface area contributed by atoms with Crippen molar-refractivity contribution in [3.8, 4) is 0 Å². The molecular weight excluding hydrogens is 1130 g/mol. The molecule has 10 rings (SSSR count). The van der Waals surface area contributed by atoms with Gasteiger partial charge in [-0.15, -0.1) is 0 Å². The number of halogens is 15. The highest BCUT2D eigenvalue weighted by atomic mass is 35.5. The van der Waals surface area contributed by atoms with Gasteiger partial charge in [-0.05, 0) is 144 Å². The number of alkyl halides is 9. The van der Waals surface area contributed by atoms with E-state index in [0.29, 0.717) is 75.1 Å². The molecular formula is C53H58Cl2F13N7O3S. The van der Waals surface area contributed by atoms with Crippen molar-refractivity contribution in [3.63, 3.8) is 0 Å². The van der Waals surface area contributed by atoms with Crippen molar-refractivity contribution < 1.29 is 69.7 Å². The molecule has 10 atom stereocenters. The van der Waals surface area contributed by atoms with Crippen LogP contribution in [0, 0.1) is 58.8 Å². The van der Waals surface area contributed by atoms with Gasteiger partial charge in [0.15, 0.2) is 29.4 Å². The van der Waals surface area contributed by atoms with Crippen molar-refractivity contribution in [2.75, 3.05) is 19.6 Å². The minimum absolute atomic E-state index is 0.0216. The third kappa shape index (κ3) is 14.5. The van der Waals surface area contributed by atoms with E-state index in [1.807, 2.05) is 9.13 Å². The summed E-state index contributed by atoms with van der Waals surface area (Å²) in [6.45, 7) is 13.4. The first-order chi connectivity index (χ1) is 36.8. The molecule has 4 saturated carbocycles. The Kier molecular flexibility index (Phi) is 19.1. The molecule has 4 aromatic carbocycles. The van der Waals surface area contributed by atoms with E-state index < -0.39 is 69.0 Å². The topological polar surface area (TPSA) is 120 Å². The van der Waals surface area contributed by atoms with E-state index in [2.05, 4.69) is 59.0 Å². The molecule has 6 aromatic rings. The molecule has 0 radical (unpaired) electrons. The van der Waals surface area contributed by atoms with E-state index in [0.717, 1.165) is 74.9 Å². The Bertz CT molecular complexity index is 3110. The Morgan fingerprint density at radius 2 is 1.04 bits per heavy atom. The number of imidazole rings is 2. The lowest BCUT2D eigenvalue weighted by atomic mass is 10.0. The summed E-state index contributed by atoms with van der Waals surface area (Å²) in [5.74, 6) is -0.558. The Hall–Kier alpha value is -4.72. The number of nitrogens with two attached hydrogens (primary N) is 1. The molecule has 3 N–H and O–H groups in total. The van der Waals surface area contributed by atoms with Crippen molar-refractivity contribution in [2.45, 2.75) is 114 Å². The predicted octanol–water partition coefficient (Wildman–Crippen LogP) is 14.5. The van der Waals surface area contributed by atoms with Gasteiger partial charge in [-0.3, -0.25) is 4.90 Å². The van der Waals surface area contributed by atoms with E-state index in [1.54, 1.807) is 12.7 Å². The molecule has 2 aromatic heterocycles. The highest BCUT2D eigenvalue weighted by molar-refractivity contribution is 7.87. The number of fused-ring (bicyclic) bond motifs is 4. The van der Waals surface area contributed by atoms with Crippen LogP contribution in [-0.4, -0.2) is 82.0 Å². The maximum atomic E-state index is 13.7. The molecule has 10 nitrogen and oxygen atoms in total. The lowest BCUT2D eigenvalue weighted by Crippen LogP contribution is -2.36. The Morgan fingerprint density at radius 3 is 1.38 bits per heavy atom. The number of hydrogen-bond acceptors (Lipinski definition) is 8. The van der Waals surface area contributed by atoms with Gasteiger partial charge in [0.05, 0.1) is 34.7 Å². The number of nitrogens with one attached hydrogen (secondary N) is 1. The number of benzene rings is 4. The Morgan fingerprint density at radius 1 is 0.646 bits per heavy atom. The average Bonchev–Trinajstić information content (AvgIpc) is 4.00. The number of nitrogens with zero attached hydrogens (tertiary/aromatic N) is 5. The van der Waals surface area contributed by atoms with Crippen LogP contribution >= 0.6 is 23.2 Å². The van der Waals surface area contributed by atoms with E-state index >= 15 is 0 Å². The third-order valence-corrected chi connectivity index (χ3v) is 16.8. The van der Waals surface area contributed by atoms with Crippen LogP contribution in [0.25, 0.3) is 22.1 Å². The summed E-state index contributed by atoms with van der Waals surface area (Å²) >= 11 is 11.2. The molecule has 2 heterocycles. The van der Waals surface area contributed by atoms with Gasteiger partial charge in [0, 0.05) is 58.5 Å². The lowest BCUT2D eigenvalue weighted by molar-refractivity contribution is -0.200. The van der Waals surface area contributed by atoms with Crippen molar-refractivity contribution in [3.05, 3.63) is 130 Å². The molecule has 0 amide bonds. The Labute approximate surface area is 457 Å². The van der Waals surface area contributed by atoms with Crippen LogP contribution in [0.2, 0.25) is 10.0 Å². The maximum absolute atomic E-state index is 13.7. The number of rotatable bonds is 13. The van der Waals surface area contributed by atoms with Crippen molar-refractivity contribution in [1.82, 2.24) is 29.3 Å². The molecule has 4 fully saturated rings. The van der Waals surface area contributed by atoms with Crippen molar-refractivity contribution in [1.29, 1.82) is 0 Å². The monoisotopic (exact) mass is 1190 g/mol. The molecule has 0 bridgehead atoms. The fourth-order valence-electron chi connectivity index (χ4n) is 11.4. The van der Waals surface area contributed by atoms with Crippen LogP contribution in [0.5, 0.6) is 0 Å². The van der Waals surface area contributed by atoms with E-state index in [4.69, 9.17) is 28.9 Å². The van der Waals surface area contributed by atoms with E-state index in [9.17, 15) is 65.5 Å².